The van der Waals surface area contributed by atoms with Crippen LogP contribution in [0.2, 0.25) is 0 Å². The fraction of sp³-hybridized carbons (Fsp3) is 0.630. The van der Waals surface area contributed by atoms with Crippen molar-refractivity contribution >= 4 is 0 Å². The number of rotatable bonds is 34. The standard InChI is InChI=1S/C54H80N4O4/c1-3-5-7-9-11-17-25-45-41-55-53(56-42-45)47-29-33-49(34-30-47)59-37-21-13-15-23-39-61-51-27-19-20-28-52(51)62-40-24-16-14-22-38-60-50-35-31-48(32-36-50)54-57-43-46(44-58-54)26-18-12-10-8-6-4-2/h29-36,41-44,51-52H,3-28,37-40H2,1-2H3/t51-,52-/m1/s1. The Hall–Kier alpha value is -3.88. The summed E-state index contributed by atoms with van der Waals surface area (Å²) in [6.07, 6.45) is 39.8. The summed E-state index contributed by atoms with van der Waals surface area (Å²) in [7, 11) is 0. The predicted molar refractivity (Wildman–Crippen MR) is 255 cm³/mol. The van der Waals surface area contributed by atoms with E-state index >= 15 is 0 Å². The van der Waals surface area contributed by atoms with Gasteiger partial charge in [0.15, 0.2) is 11.6 Å². The molecule has 2 aromatic heterocycles. The molecule has 1 aliphatic carbocycles. The molecule has 2 heterocycles. The van der Waals surface area contributed by atoms with E-state index < -0.39 is 0 Å². The van der Waals surface area contributed by atoms with E-state index in [0.717, 1.165) is 138 Å². The lowest BCUT2D eigenvalue weighted by molar-refractivity contribution is -0.0934. The number of benzene rings is 2. The van der Waals surface area contributed by atoms with E-state index in [1.807, 2.05) is 49.1 Å². The first-order valence-corrected chi connectivity index (χ1v) is 25.0. The van der Waals surface area contributed by atoms with Crippen molar-refractivity contribution in [2.24, 2.45) is 0 Å². The predicted octanol–water partition coefficient (Wildman–Crippen LogP) is 14.3. The molecule has 0 saturated heterocycles. The van der Waals surface area contributed by atoms with Crippen molar-refractivity contribution < 1.29 is 18.9 Å². The normalized spacial score (nSPS) is 15.2. The van der Waals surface area contributed by atoms with Gasteiger partial charge >= 0.3 is 0 Å². The molecule has 8 heteroatoms. The Bertz CT molecular complexity index is 1560. The van der Waals surface area contributed by atoms with Gasteiger partial charge in [0.05, 0.1) is 25.4 Å². The third kappa shape index (κ3) is 19.7. The average molecular weight is 849 g/mol. The Morgan fingerprint density at radius 1 is 0.403 bits per heavy atom. The van der Waals surface area contributed by atoms with Crippen molar-refractivity contribution in [3.63, 3.8) is 0 Å². The van der Waals surface area contributed by atoms with Gasteiger partial charge in [-0.1, -0.05) is 104 Å². The highest BCUT2D eigenvalue weighted by atomic mass is 16.5. The molecule has 1 fully saturated rings. The zero-order valence-electron chi connectivity index (χ0n) is 38.7. The monoisotopic (exact) mass is 849 g/mol. The van der Waals surface area contributed by atoms with Crippen LogP contribution in [-0.2, 0) is 22.3 Å². The van der Waals surface area contributed by atoms with Crippen LogP contribution < -0.4 is 9.47 Å². The number of aromatic nitrogens is 4. The summed E-state index contributed by atoms with van der Waals surface area (Å²) in [6, 6.07) is 16.4. The molecule has 8 nitrogen and oxygen atoms in total. The first-order valence-electron chi connectivity index (χ1n) is 25.0. The fourth-order valence-electron chi connectivity index (χ4n) is 8.29. The summed E-state index contributed by atoms with van der Waals surface area (Å²) < 4.78 is 24.8. The molecule has 5 rings (SSSR count). The summed E-state index contributed by atoms with van der Waals surface area (Å²) in [6.45, 7) is 7.62. The molecule has 0 spiro atoms. The smallest absolute Gasteiger partial charge is 0.159 e. The van der Waals surface area contributed by atoms with Crippen LogP contribution in [0.4, 0.5) is 0 Å². The molecule has 1 aliphatic rings. The van der Waals surface area contributed by atoms with Crippen LogP contribution >= 0.6 is 0 Å². The summed E-state index contributed by atoms with van der Waals surface area (Å²) in [5.41, 5.74) is 4.50. The molecular weight excluding hydrogens is 769 g/mol. The van der Waals surface area contributed by atoms with Gasteiger partial charge in [0, 0.05) is 49.1 Å². The highest BCUT2D eigenvalue weighted by Gasteiger charge is 2.26. The minimum absolute atomic E-state index is 0.240. The van der Waals surface area contributed by atoms with E-state index in [4.69, 9.17) is 18.9 Å². The van der Waals surface area contributed by atoms with E-state index in [2.05, 4.69) is 58.0 Å². The van der Waals surface area contributed by atoms with Gasteiger partial charge in [0.25, 0.3) is 0 Å². The number of unbranched alkanes of at least 4 members (excludes halogenated alkanes) is 16. The zero-order valence-corrected chi connectivity index (χ0v) is 38.7. The fourth-order valence-corrected chi connectivity index (χ4v) is 8.29. The van der Waals surface area contributed by atoms with Gasteiger partial charge in [0.1, 0.15) is 11.5 Å². The van der Waals surface area contributed by atoms with Crippen LogP contribution in [-0.4, -0.2) is 58.6 Å². The van der Waals surface area contributed by atoms with Gasteiger partial charge in [-0.05, 0) is 137 Å². The maximum absolute atomic E-state index is 6.38. The van der Waals surface area contributed by atoms with Crippen molar-refractivity contribution in [2.75, 3.05) is 26.4 Å². The minimum atomic E-state index is 0.240. The van der Waals surface area contributed by atoms with E-state index in [-0.39, 0.29) is 12.2 Å². The lowest BCUT2D eigenvalue weighted by Gasteiger charge is -2.31. The number of hydrogen-bond donors (Lipinski definition) is 0. The number of ether oxygens (including phenoxy) is 4. The van der Waals surface area contributed by atoms with Crippen molar-refractivity contribution in [1.82, 2.24) is 19.9 Å². The number of aryl methyl sites for hydroxylation is 2. The highest BCUT2D eigenvalue weighted by molar-refractivity contribution is 5.56. The quantitative estimate of drug-likeness (QED) is 0.0430. The second-order valence-corrected chi connectivity index (χ2v) is 17.5. The molecule has 340 valence electrons. The maximum Gasteiger partial charge on any atom is 0.159 e. The molecule has 0 bridgehead atoms. The Balaban J connectivity index is 0.837. The van der Waals surface area contributed by atoms with Gasteiger partial charge in [-0.2, -0.15) is 0 Å². The van der Waals surface area contributed by atoms with Crippen LogP contribution in [0.1, 0.15) is 179 Å². The highest BCUT2D eigenvalue weighted by Crippen LogP contribution is 2.26. The molecule has 2 atom stereocenters. The van der Waals surface area contributed by atoms with Crippen LogP contribution in [0.5, 0.6) is 11.5 Å². The summed E-state index contributed by atoms with van der Waals surface area (Å²) in [5.74, 6) is 3.35. The van der Waals surface area contributed by atoms with Crippen LogP contribution in [0.15, 0.2) is 73.3 Å². The molecule has 0 N–H and O–H groups in total. The average Bonchev–Trinajstić information content (AvgIpc) is 3.31. The third-order valence-electron chi connectivity index (χ3n) is 12.2. The Kier molecular flexibility index (Phi) is 24.6. The zero-order chi connectivity index (χ0) is 43.1. The van der Waals surface area contributed by atoms with Crippen molar-refractivity contribution in [3.8, 4) is 34.3 Å². The second kappa shape index (κ2) is 31.0. The van der Waals surface area contributed by atoms with E-state index in [1.54, 1.807) is 0 Å². The molecule has 0 unspecified atom stereocenters. The van der Waals surface area contributed by atoms with Gasteiger partial charge in [-0.15, -0.1) is 0 Å². The first-order chi connectivity index (χ1) is 30.7. The lowest BCUT2D eigenvalue weighted by atomic mass is 9.94. The second-order valence-electron chi connectivity index (χ2n) is 17.5. The molecule has 0 amide bonds. The first kappa shape index (κ1) is 49.1. The van der Waals surface area contributed by atoms with Crippen LogP contribution in [0.25, 0.3) is 22.8 Å². The number of nitrogens with zero attached hydrogens (tertiary/aromatic N) is 4. The molecule has 62 heavy (non-hydrogen) atoms. The molecular formula is C54H80N4O4. The van der Waals surface area contributed by atoms with Crippen LogP contribution in [0, 0.1) is 0 Å². The van der Waals surface area contributed by atoms with Crippen molar-refractivity contribution in [1.29, 1.82) is 0 Å². The maximum atomic E-state index is 6.38. The summed E-state index contributed by atoms with van der Waals surface area (Å²) in [4.78, 5) is 18.5. The Labute approximate surface area is 375 Å². The molecule has 2 aromatic carbocycles. The van der Waals surface area contributed by atoms with E-state index in [9.17, 15) is 0 Å². The van der Waals surface area contributed by atoms with Crippen LogP contribution in [0.3, 0.4) is 0 Å². The molecule has 1 saturated carbocycles. The SMILES string of the molecule is CCCCCCCCc1cnc(-c2ccc(OCCCCCCO[C@@H]3CCCC[C@H]3OCCCCCCOc3ccc(-c4ncc(CCCCCCCC)cn4)cc3)cc2)nc1. The lowest BCUT2D eigenvalue weighted by Crippen LogP contribution is -2.35. The van der Waals surface area contributed by atoms with E-state index in [0.29, 0.717) is 0 Å². The van der Waals surface area contributed by atoms with Gasteiger partial charge in [-0.25, -0.2) is 19.9 Å². The molecule has 0 aliphatic heterocycles. The summed E-state index contributed by atoms with van der Waals surface area (Å²) >= 11 is 0. The largest absolute Gasteiger partial charge is 0.494 e. The third-order valence-corrected chi connectivity index (χ3v) is 12.2. The van der Waals surface area contributed by atoms with Gasteiger partial charge in [-0.3, -0.25) is 0 Å². The minimum Gasteiger partial charge on any atom is -0.494 e. The number of hydrogen-bond acceptors (Lipinski definition) is 8. The molecule has 4 aromatic rings. The molecule has 0 radical (unpaired) electrons. The van der Waals surface area contributed by atoms with Crippen molar-refractivity contribution in [2.45, 2.75) is 193 Å². The Morgan fingerprint density at radius 3 is 1.13 bits per heavy atom. The van der Waals surface area contributed by atoms with Gasteiger partial charge < -0.3 is 18.9 Å². The van der Waals surface area contributed by atoms with E-state index in [1.165, 1.54) is 101 Å². The van der Waals surface area contributed by atoms with Crippen molar-refractivity contribution in [3.05, 3.63) is 84.4 Å². The topological polar surface area (TPSA) is 88.5 Å². The van der Waals surface area contributed by atoms with Gasteiger partial charge in [0.2, 0.25) is 0 Å². The summed E-state index contributed by atoms with van der Waals surface area (Å²) in [5, 5.41) is 0. The Morgan fingerprint density at radius 2 is 0.742 bits per heavy atom.